The Kier molecular flexibility index (Phi) is 4.31. The Morgan fingerprint density at radius 2 is 1.67 bits per heavy atom. The molecule has 0 aromatic heterocycles. The third-order valence-corrected chi connectivity index (χ3v) is 4.56. The van der Waals surface area contributed by atoms with Crippen LogP contribution in [0.25, 0.3) is 0 Å². The molecule has 3 rings (SSSR count). The first-order chi connectivity index (χ1) is 10.1. The molecule has 1 atom stereocenters. The topological polar surface area (TPSA) is 44.5 Å². The molecule has 21 heavy (non-hydrogen) atoms. The second kappa shape index (κ2) is 6.05. The van der Waals surface area contributed by atoms with Gasteiger partial charge in [-0.2, -0.15) is 0 Å². The second-order valence-electron chi connectivity index (χ2n) is 4.66. The molecule has 1 aliphatic heterocycles. The lowest BCUT2D eigenvalue weighted by atomic mass is 9.99. The average Bonchev–Trinajstić information content (AvgIpc) is 2.48. The van der Waals surface area contributed by atoms with Gasteiger partial charge in [0.1, 0.15) is 13.2 Å². The molecule has 0 saturated heterocycles. The van der Waals surface area contributed by atoms with Gasteiger partial charge in [-0.3, -0.25) is 0 Å². The maximum absolute atomic E-state index is 6.35. The Morgan fingerprint density at radius 1 is 1.00 bits per heavy atom. The van der Waals surface area contributed by atoms with Gasteiger partial charge in [-0.15, -0.1) is 0 Å². The molecule has 110 valence electrons. The van der Waals surface area contributed by atoms with Gasteiger partial charge in [0.05, 0.1) is 6.04 Å². The van der Waals surface area contributed by atoms with Crippen molar-refractivity contribution in [2.45, 2.75) is 6.04 Å². The zero-order valence-electron chi connectivity index (χ0n) is 10.9. The molecule has 0 radical (unpaired) electrons. The highest BCUT2D eigenvalue weighted by molar-refractivity contribution is 9.10. The van der Waals surface area contributed by atoms with Crippen molar-refractivity contribution in [3.8, 4) is 11.5 Å². The lowest BCUT2D eigenvalue weighted by Crippen LogP contribution is -2.18. The molecule has 1 aliphatic rings. The molecular formula is C15H12BrCl2NO2. The van der Waals surface area contributed by atoms with Crippen LogP contribution in [0.1, 0.15) is 17.2 Å². The van der Waals surface area contributed by atoms with Gasteiger partial charge < -0.3 is 15.2 Å². The Morgan fingerprint density at radius 3 is 2.38 bits per heavy atom. The molecule has 1 heterocycles. The number of ether oxygens (including phenoxy) is 2. The molecule has 0 bridgehead atoms. The van der Waals surface area contributed by atoms with Gasteiger partial charge in [0.2, 0.25) is 0 Å². The molecule has 0 spiro atoms. The van der Waals surface area contributed by atoms with Crippen LogP contribution in [0.15, 0.2) is 34.8 Å². The Bertz CT molecular complexity index is 694. The lowest BCUT2D eigenvalue weighted by molar-refractivity contribution is 0.171. The van der Waals surface area contributed by atoms with E-state index in [9.17, 15) is 0 Å². The zero-order chi connectivity index (χ0) is 15.0. The largest absolute Gasteiger partial charge is 0.486 e. The van der Waals surface area contributed by atoms with Gasteiger partial charge in [0.25, 0.3) is 0 Å². The zero-order valence-corrected chi connectivity index (χ0v) is 14.0. The van der Waals surface area contributed by atoms with Gasteiger partial charge in [-0.1, -0.05) is 39.1 Å². The van der Waals surface area contributed by atoms with Crippen LogP contribution in [0.3, 0.4) is 0 Å². The molecule has 3 nitrogen and oxygen atoms in total. The predicted octanol–water partition coefficient (Wildman–Crippen LogP) is 4.58. The van der Waals surface area contributed by atoms with Gasteiger partial charge >= 0.3 is 0 Å². The first-order valence-electron chi connectivity index (χ1n) is 6.36. The van der Waals surface area contributed by atoms with Crippen LogP contribution < -0.4 is 15.2 Å². The van der Waals surface area contributed by atoms with E-state index < -0.39 is 6.04 Å². The van der Waals surface area contributed by atoms with E-state index in [-0.39, 0.29) is 0 Å². The van der Waals surface area contributed by atoms with Gasteiger partial charge in [-0.25, -0.2) is 0 Å². The van der Waals surface area contributed by atoms with Crippen molar-refractivity contribution < 1.29 is 9.47 Å². The molecule has 2 N–H and O–H groups in total. The van der Waals surface area contributed by atoms with E-state index in [2.05, 4.69) is 15.9 Å². The quantitative estimate of drug-likeness (QED) is 0.819. The van der Waals surface area contributed by atoms with Gasteiger partial charge in [-0.05, 0) is 41.5 Å². The van der Waals surface area contributed by atoms with Crippen LogP contribution >= 0.6 is 39.1 Å². The van der Waals surface area contributed by atoms with E-state index >= 15 is 0 Å². The molecule has 0 amide bonds. The number of benzene rings is 2. The number of fused-ring (bicyclic) bond motifs is 1. The first kappa shape index (κ1) is 15.0. The van der Waals surface area contributed by atoms with Crippen LogP contribution in [-0.2, 0) is 0 Å². The minimum absolute atomic E-state index is 0.415. The summed E-state index contributed by atoms with van der Waals surface area (Å²) in [5.74, 6) is 1.40. The van der Waals surface area contributed by atoms with Crippen LogP contribution in [0, 0.1) is 0 Å². The summed E-state index contributed by atoms with van der Waals surface area (Å²) < 4.78 is 12.0. The summed E-state index contributed by atoms with van der Waals surface area (Å²) in [5, 5.41) is 1.17. The molecule has 2 aromatic rings. The summed E-state index contributed by atoms with van der Waals surface area (Å²) in [6.45, 7) is 1.08. The van der Waals surface area contributed by atoms with Gasteiger partial charge in [0.15, 0.2) is 11.5 Å². The van der Waals surface area contributed by atoms with Crippen LogP contribution in [0.5, 0.6) is 11.5 Å². The fourth-order valence-electron chi connectivity index (χ4n) is 2.24. The van der Waals surface area contributed by atoms with Crippen molar-refractivity contribution in [2.75, 3.05) is 13.2 Å². The SMILES string of the molecule is NC(c1cc(Cl)ccc1Cl)c1cc2c(cc1Br)OCCO2. The molecule has 0 saturated carbocycles. The summed E-state index contributed by atoms with van der Waals surface area (Å²) in [5.41, 5.74) is 7.98. The third kappa shape index (κ3) is 2.99. The maximum Gasteiger partial charge on any atom is 0.162 e. The highest BCUT2D eigenvalue weighted by Gasteiger charge is 2.21. The van der Waals surface area contributed by atoms with E-state index in [0.29, 0.717) is 34.8 Å². The van der Waals surface area contributed by atoms with E-state index in [1.54, 1.807) is 18.2 Å². The van der Waals surface area contributed by atoms with Crippen molar-refractivity contribution >= 4 is 39.1 Å². The molecule has 0 aliphatic carbocycles. The summed E-state index contributed by atoms with van der Waals surface area (Å²) in [4.78, 5) is 0. The monoisotopic (exact) mass is 387 g/mol. The smallest absolute Gasteiger partial charge is 0.162 e. The standard InChI is InChI=1S/C15H12BrCl2NO2/c16-11-7-14-13(20-3-4-21-14)6-9(11)15(19)10-5-8(17)1-2-12(10)18/h1-2,5-7,15H,3-4,19H2. The van der Waals surface area contributed by atoms with E-state index in [1.165, 1.54) is 0 Å². The Hall–Kier alpha value is -0.940. The third-order valence-electron chi connectivity index (χ3n) is 3.29. The summed E-state index contributed by atoms with van der Waals surface area (Å²) in [6.07, 6.45) is 0. The van der Waals surface area contributed by atoms with Crippen molar-refractivity contribution in [3.05, 3.63) is 56.0 Å². The molecular weight excluding hydrogens is 377 g/mol. The molecule has 2 aromatic carbocycles. The van der Waals surface area contributed by atoms with E-state index in [4.69, 9.17) is 38.4 Å². The minimum Gasteiger partial charge on any atom is -0.486 e. The number of nitrogens with two attached hydrogens (primary N) is 1. The predicted molar refractivity (Wildman–Crippen MR) is 87.6 cm³/mol. The highest BCUT2D eigenvalue weighted by atomic mass is 79.9. The minimum atomic E-state index is -0.415. The Balaban J connectivity index is 2.05. The van der Waals surface area contributed by atoms with Crippen molar-refractivity contribution in [1.82, 2.24) is 0 Å². The second-order valence-corrected chi connectivity index (χ2v) is 6.36. The van der Waals surface area contributed by atoms with Crippen LogP contribution in [0.2, 0.25) is 10.0 Å². The fraction of sp³-hybridized carbons (Fsp3) is 0.200. The Labute approximate surface area is 141 Å². The molecule has 1 unspecified atom stereocenters. The number of rotatable bonds is 2. The van der Waals surface area contributed by atoms with Crippen molar-refractivity contribution in [1.29, 1.82) is 0 Å². The van der Waals surface area contributed by atoms with Crippen molar-refractivity contribution in [3.63, 3.8) is 0 Å². The number of halogens is 3. The average molecular weight is 389 g/mol. The normalized spacial score (nSPS) is 14.9. The van der Waals surface area contributed by atoms with Crippen LogP contribution in [0.4, 0.5) is 0 Å². The van der Waals surface area contributed by atoms with Crippen LogP contribution in [-0.4, -0.2) is 13.2 Å². The molecule has 6 heteroatoms. The highest BCUT2D eigenvalue weighted by Crippen LogP contribution is 2.40. The summed E-state index contributed by atoms with van der Waals surface area (Å²) >= 11 is 15.8. The van der Waals surface area contributed by atoms with E-state index in [0.717, 1.165) is 15.6 Å². The number of hydrogen-bond acceptors (Lipinski definition) is 3. The summed E-state index contributed by atoms with van der Waals surface area (Å²) in [7, 11) is 0. The lowest BCUT2D eigenvalue weighted by Gasteiger charge is -2.22. The van der Waals surface area contributed by atoms with E-state index in [1.807, 2.05) is 12.1 Å². The fourth-order valence-corrected chi connectivity index (χ4v) is 3.22. The van der Waals surface area contributed by atoms with Gasteiger partial charge in [0, 0.05) is 14.5 Å². The van der Waals surface area contributed by atoms with Crippen molar-refractivity contribution in [2.24, 2.45) is 5.73 Å². The number of hydrogen-bond donors (Lipinski definition) is 1. The molecule has 0 fully saturated rings. The summed E-state index contributed by atoms with van der Waals surface area (Å²) in [6, 6.07) is 8.58. The maximum atomic E-state index is 6.35. The first-order valence-corrected chi connectivity index (χ1v) is 7.90.